The van der Waals surface area contributed by atoms with E-state index in [0.29, 0.717) is 0 Å². The van der Waals surface area contributed by atoms with Crippen LogP contribution in [0.5, 0.6) is 0 Å². The molecule has 0 radical (unpaired) electrons. The summed E-state index contributed by atoms with van der Waals surface area (Å²) in [6.07, 6.45) is 0. The van der Waals surface area contributed by atoms with E-state index in [4.69, 9.17) is 0 Å². The minimum absolute atomic E-state index is 1.17. The highest BCUT2D eigenvalue weighted by molar-refractivity contribution is 6.43. The number of hydrogen-bond acceptors (Lipinski definition) is 0. The van der Waals surface area contributed by atoms with E-state index in [2.05, 4.69) is 541 Å². The molecule has 670 valence electrons. The molecular weight excluding hydrogens is 1750 g/mol. The first-order chi connectivity index (χ1) is 72.0. The molecule has 0 aliphatic heterocycles. The van der Waals surface area contributed by atoms with Crippen molar-refractivity contribution in [2.75, 3.05) is 0 Å². The second kappa shape index (κ2) is 32.8. The lowest BCUT2D eigenvalue weighted by Gasteiger charge is -2.18. The molecule has 0 N–H and O–H groups in total. The van der Waals surface area contributed by atoms with Crippen molar-refractivity contribution in [2.24, 2.45) is 0 Å². The highest BCUT2D eigenvalue weighted by Crippen LogP contribution is 2.52. The van der Waals surface area contributed by atoms with Crippen molar-refractivity contribution in [3.63, 3.8) is 0 Å². The molecule has 32 aromatic rings. The molecule has 0 saturated heterocycles. The van der Waals surface area contributed by atoms with Crippen LogP contribution in [0.15, 0.2) is 528 Å². The molecule has 3 nitrogen and oxygen atoms in total. The molecule has 29 aromatic carbocycles. The van der Waals surface area contributed by atoms with Crippen LogP contribution in [0.3, 0.4) is 0 Å². The fourth-order valence-electron chi connectivity index (χ4n) is 25.2. The van der Waals surface area contributed by atoms with Crippen LogP contribution < -0.4 is 0 Å². The third kappa shape index (κ3) is 12.6. The molecule has 145 heavy (non-hydrogen) atoms. The second-order valence-electron chi connectivity index (χ2n) is 38.9. The number of hydrogen-bond donors (Lipinski definition) is 0. The van der Waals surface area contributed by atoms with E-state index in [-0.39, 0.29) is 0 Å². The van der Waals surface area contributed by atoms with Gasteiger partial charge in [-0.25, -0.2) is 0 Å². The van der Waals surface area contributed by atoms with Crippen molar-refractivity contribution in [2.45, 2.75) is 0 Å². The zero-order valence-corrected chi connectivity index (χ0v) is 79.1. The quantitative estimate of drug-likeness (QED) is 0.141. The van der Waals surface area contributed by atoms with Gasteiger partial charge < -0.3 is 13.7 Å². The summed E-state index contributed by atoms with van der Waals surface area (Å²) in [6, 6.07) is 194. The summed E-state index contributed by atoms with van der Waals surface area (Å²) >= 11 is 0. The van der Waals surface area contributed by atoms with E-state index in [1.807, 2.05) is 0 Å². The smallest absolute Gasteiger partial charge is 0.0541 e. The summed E-state index contributed by atoms with van der Waals surface area (Å²) in [5.41, 5.74) is 20.7. The molecule has 3 heterocycles. The lowest BCUT2D eigenvalue weighted by molar-refractivity contribution is 1.18. The summed E-state index contributed by atoms with van der Waals surface area (Å²) in [6.45, 7) is 0. The SMILES string of the molecule is c1cc(-n2c3ccccc3c3ccccc32)c2cccc(-c3ccc4c(c3)c3ccccc3c3c5ccccc5c5ccccc5c43)c2c1.c1ccc(-c2ccc3c(c2)c2ccccc2c2c4ccc(-c5ccc(-n6c7ccccc7c7ccccc76)cc5)cc4c4ccccc4c32)cc1.c1ccc2c(c1)c1ccccc1c1c3ccc(-c4ccc(-n5c6ccccc6c6ccccc65)cc4)cc3c3ccccc3c21. The average molecular weight is 1840 g/mol. The first kappa shape index (κ1) is 81.9. The fraction of sp³-hybridized carbons (Fsp3) is 0. The predicted molar refractivity (Wildman–Crippen MR) is 624 cm³/mol. The van der Waals surface area contributed by atoms with Crippen LogP contribution in [0.2, 0.25) is 0 Å². The summed E-state index contributed by atoms with van der Waals surface area (Å²) in [5, 5.41) is 49.4. The Kier molecular flexibility index (Phi) is 18.5. The Morgan fingerprint density at radius 1 is 0.0966 bits per heavy atom. The minimum atomic E-state index is 1.17. The standard InChI is InChI=1S/C50H31N.C48H29N.C44H27N/c1-2-12-32(13-3-1)34-24-28-43-45(30-34)37-14-4-6-18-41(37)50-44-29-25-35(31-46(44)38-15-5-7-19-42(38)49(43)50)33-22-26-36(27-23-33)51-47-20-10-8-16-39(47)40-17-9-11-21-48(40)51;1-4-18-39-33(13-1)34-14-2-5-19-40(34)48-42-28-27-30(29-43(42)35-15-3-6-20-41(35)47(39)48)31-21-11-23-36-32(31)22-12-26-46(36)49-44-24-9-7-16-37(44)38-17-8-10-25-45(38)49;1-4-16-36-31(11-1)32-12-2-5-17-37(32)44-39-26-23-29(27-40(39)33-13-3-6-18-38(33)43(36)44)28-21-24-30(25-22-28)45-41-19-9-7-14-34(41)35-15-8-10-20-42(35)45/h1-31H;1-29H;1-27H. The van der Waals surface area contributed by atoms with Crippen LogP contribution in [-0.4, -0.2) is 13.7 Å². The van der Waals surface area contributed by atoms with Crippen LogP contribution in [0, 0.1) is 0 Å². The first-order valence-electron chi connectivity index (χ1n) is 50.3. The molecule has 0 spiro atoms. The Hall–Kier alpha value is -19.1. The topological polar surface area (TPSA) is 14.8 Å². The minimum Gasteiger partial charge on any atom is -0.309 e. The van der Waals surface area contributed by atoms with Gasteiger partial charge in [0.05, 0.1) is 38.8 Å². The van der Waals surface area contributed by atoms with E-state index in [1.165, 1.54) is 299 Å². The van der Waals surface area contributed by atoms with E-state index < -0.39 is 0 Å². The van der Waals surface area contributed by atoms with E-state index in [9.17, 15) is 0 Å². The third-order valence-corrected chi connectivity index (χ3v) is 31.4. The van der Waals surface area contributed by atoms with Gasteiger partial charge in [0, 0.05) is 49.1 Å². The van der Waals surface area contributed by atoms with Gasteiger partial charge in [-0.3, -0.25) is 0 Å². The van der Waals surface area contributed by atoms with Crippen molar-refractivity contribution in [3.8, 4) is 61.6 Å². The molecule has 0 atom stereocenters. The zero-order valence-electron chi connectivity index (χ0n) is 79.1. The van der Waals surface area contributed by atoms with Crippen molar-refractivity contribution in [1.82, 2.24) is 13.7 Å². The number of nitrogens with zero attached hydrogens (tertiary/aromatic N) is 3. The monoisotopic (exact) mass is 1830 g/mol. The van der Waals surface area contributed by atoms with Gasteiger partial charge in [-0.1, -0.05) is 437 Å². The van der Waals surface area contributed by atoms with Crippen LogP contribution >= 0.6 is 0 Å². The first-order valence-corrected chi connectivity index (χ1v) is 50.3. The molecule has 0 amide bonds. The molecule has 0 aliphatic rings. The van der Waals surface area contributed by atoms with Crippen molar-refractivity contribution in [3.05, 3.63) is 528 Å². The third-order valence-electron chi connectivity index (χ3n) is 31.4. The summed E-state index contributed by atoms with van der Waals surface area (Å²) < 4.78 is 7.20. The number of aromatic nitrogens is 3. The summed E-state index contributed by atoms with van der Waals surface area (Å²) in [4.78, 5) is 0. The van der Waals surface area contributed by atoms with E-state index in [1.54, 1.807) is 0 Å². The Morgan fingerprint density at radius 3 is 0.579 bits per heavy atom. The van der Waals surface area contributed by atoms with Gasteiger partial charge in [0.2, 0.25) is 0 Å². The molecule has 0 saturated carbocycles. The lowest BCUT2D eigenvalue weighted by Crippen LogP contribution is -1.95. The van der Waals surface area contributed by atoms with Crippen LogP contribution in [-0.2, 0) is 0 Å². The normalized spacial score (nSPS) is 12.0. The van der Waals surface area contributed by atoms with Crippen LogP contribution in [0.1, 0.15) is 0 Å². The average Bonchev–Trinajstić information content (AvgIpc) is 0.953. The van der Waals surface area contributed by atoms with Gasteiger partial charge in [-0.05, 0) is 302 Å². The fourth-order valence-corrected chi connectivity index (χ4v) is 25.2. The van der Waals surface area contributed by atoms with Gasteiger partial charge >= 0.3 is 0 Å². The highest BCUT2D eigenvalue weighted by atomic mass is 15.0. The molecule has 32 rings (SSSR count). The molecule has 0 fully saturated rings. The van der Waals surface area contributed by atoms with E-state index >= 15 is 0 Å². The molecule has 3 aromatic heterocycles. The highest BCUT2D eigenvalue weighted by Gasteiger charge is 2.25. The molecule has 0 unspecified atom stereocenters. The maximum absolute atomic E-state index is 2.44. The van der Waals surface area contributed by atoms with Gasteiger partial charge in [0.1, 0.15) is 0 Å². The van der Waals surface area contributed by atoms with Gasteiger partial charge in [-0.15, -0.1) is 0 Å². The van der Waals surface area contributed by atoms with Gasteiger partial charge in [0.25, 0.3) is 0 Å². The van der Waals surface area contributed by atoms with E-state index in [0.717, 1.165) is 0 Å². The van der Waals surface area contributed by atoms with Crippen LogP contribution in [0.25, 0.3) is 299 Å². The van der Waals surface area contributed by atoms with Gasteiger partial charge in [0.15, 0.2) is 0 Å². The Morgan fingerprint density at radius 2 is 0.290 bits per heavy atom. The number of fused-ring (bicyclic) bond motifs is 43. The molecule has 3 heteroatoms. The molecular formula is C142H87N3. The van der Waals surface area contributed by atoms with Crippen LogP contribution in [0.4, 0.5) is 0 Å². The van der Waals surface area contributed by atoms with Crippen molar-refractivity contribution >= 4 is 238 Å². The molecule has 0 aliphatic carbocycles. The molecule has 0 bridgehead atoms. The zero-order chi connectivity index (χ0) is 95.0. The Bertz CT molecular complexity index is 11000. The Labute approximate surface area is 834 Å². The summed E-state index contributed by atoms with van der Waals surface area (Å²) in [7, 11) is 0. The van der Waals surface area contributed by atoms with Gasteiger partial charge in [-0.2, -0.15) is 0 Å². The second-order valence-corrected chi connectivity index (χ2v) is 38.9. The van der Waals surface area contributed by atoms with Crippen molar-refractivity contribution in [1.29, 1.82) is 0 Å². The summed E-state index contributed by atoms with van der Waals surface area (Å²) in [5.74, 6) is 0. The predicted octanol–water partition coefficient (Wildman–Crippen LogP) is 39.5. The number of rotatable bonds is 7. The lowest BCUT2D eigenvalue weighted by atomic mass is 9.85. The Balaban J connectivity index is 0.000000101. The maximum atomic E-state index is 2.44. The number of benzene rings is 29. The van der Waals surface area contributed by atoms with Crippen molar-refractivity contribution < 1.29 is 0 Å². The number of para-hydroxylation sites is 6. The maximum Gasteiger partial charge on any atom is 0.0541 e. The largest absolute Gasteiger partial charge is 0.309 e.